The molecule has 1 saturated carbocycles. The summed E-state index contributed by atoms with van der Waals surface area (Å²) in [5.41, 5.74) is 3.69. The summed E-state index contributed by atoms with van der Waals surface area (Å²) in [5.74, 6) is -0.281. The highest BCUT2D eigenvalue weighted by Crippen LogP contribution is 2.34. The van der Waals surface area contributed by atoms with Gasteiger partial charge in [0.25, 0.3) is 0 Å². The molecule has 0 amide bonds. The lowest BCUT2D eigenvalue weighted by molar-refractivity contribution is 0.0514. The van der Waals surface area contributed by atoms with Crippen LogP contribution >= 0.6 is 11.3 Å². The normalized spacial score (nSPS) is 13.6. The number of aromatic nitrogens is 1. The first-order chi connectivity index (χ1) is 19.5. The molecule has 2 aromatic heterocycles. The monoisotopic (exact) mass is 548 g/mol. The Morgan fingerprint density at radius 3 is 2.23 bits per heavy atom. The van der Waals surface area contributed by atoms with Crippen molar-refractivity contribution < 1.29 is 19.2 Å². The zero-order valence-electron chi connectivity index (χ0n) is 22.1. The third-order valence-corrected chi connectivity index (χ3v) is 8.32. The quantitative estimate of drug-likeness (QED) is 0.0776. The molecule has 0 spiro atoms. The zero-order chi connectivity index (χ0) is 27.6. The molecule has 0 unspecified atom stereocenters. The van der Waals surface area contributed by atoms with Gasteiger partial charge in [-0.05, 0) is 85.7 Å². The molecule has 3 aromatic carbocycles. The van der Waals surface area contributed by atoms with E-state index >= 15 is 0 Å². The molecule has 5 aromatic rings. The average Bonchev–Trinajstić information content (AvgIpc) is 3.55. The van der Waals surface area contributed by atoms with Crippen LogP contribution in [0.5, 0.6) is 0 Å². The number of Topliss-reactive ketones (excluding diaryl/α,β-unsaturated/α-hetero) is 1. The molecule has 0 radical (unpaired) electrons. The summed E-state index contributed by atoms with van der Waals surface area (Å²) in [6.45, 7) is 2.82. The zero-order valence-corrected chi connectivity index (χ0v) is 22.9. The molecule has 1 aliphatic carbocycles. The van der Waals surface area contributed by atoms with Crippen LogP contribution in [0.4, 0.5) is 0 Å². The van der Waals surface area contributed by atoms with Gasteiger partial charge in [0, 0.05) is 39.5 Å². The molecule has 2 heterocycles. The molecule has 6 nitrogen and oxygen atoms in total. The van der Waals surface area contributed by atoms with Crippen LogP contribution in [-0.4, -0.2) is 27.8 Å². The van der Waals surface area contributed by atoms with Crippen molar-refractivity contribution >= 4 is 56.4 Å². The van der Waals surface area contributed by atoms with Crippen molar-refractivity contribution in [3.8, 4) is 0 Å². The van der Waals surface area contributed by atoms with E-state index < -0.39 is 5.97 Å². The Morgan fingerprint density at radius 2 is 1.57 bits per heavy atom. The Labute approximate surface area is 235 Å². The highest BCUT2D eigenvalue weighted by Gasteiger charge is 2.25. The van der Waals surface area contributed by atoms with E-state index in [1.165, 1.54) is 11.3 Å². The fourth-order valence-corrected chi connectivity index (χ4v) is 5.80. The number of hydrogen-bond donors (Lipinski definition) is 0. The van der Waals surface area contributed by atoms with Gasteiger partial charge in [-0.25, -0.2) is 4.79 Å². The Hall–Kier alpha value is -4.36. The largest absolute Gasteiger partial charge is 0.365 e. The predicted molar refractivity (Wildman–Crippen MR) is 158 cm³/mol. The summed E-state index contributed by atoms with van der Waals surface area (Å²) >= 11 is 1.42. The van der Waals surface area contributed by atoms with Gasteiger partial charge in [-0.2, -0.15) is 0 Å². The van der Waals surface area contributed by atoms with Crippen LogP contribution < -0.4 is 0 Å². The molecule has 0 aliphatic heterocycles. The first kappa shape index (κ1) is 25.9. The fraction of sp³-hybridized carbons (Fsp3) is 0.212. The molecule has 1 fully saturated rings. The van der Waals surface area contributed by atoms with E-state index in [4.69, 9.17) is 4.84 Å². The van der Waals surface area contributed by atoms with Crippen molar-refractivity contribution in [2.45, 2.75) is 39.2 Å². The summed E-state index contributed by atoms with van der Waals surface area (Å²) in [6.07, 6.45) is 3.58. The molecule has 1 aliphatic rings. The highest BCUT2D eigenvalue weighted by atomic mass is 32.1. The fourth-order valence-electron chi connectivity index (χ4n) is 5.12. The summed E-state index contributed by atoms with van der Waals surface area (Å²) in [4.78, 5) is 45.3. The number of oxime groups is 1. The van der Waals surface area contributed by atoms with Crippen molar-refractivity contribution in [3.63, 3.8) is 0 Å². The van der Waals surface area contributed by atoms with Crippen LogP contribution in [0.3, 0.4) is 0 Å². The van der Waals surface area contributed by atoms with E-state index in [1.54, 1.807) is 30.3 Å². The molecule has 40 heavy (non-hydrogen) atoms. The molecule has 0 saturated heterocycles. The number of ketones is 2. The van der Waals surface area contributed by atoms with Crippen molar-refractivity contribution in [1.82, 2.24) is 4.57 Å². The van der Waals surface area contributed by atoms with Crippen molar-refractivity contribution in [2.75, 3.05) is 0 Å². The topological polar surface area (TPSA) is 77.7 Å². The lowest BCUT2D eigenvalue weighted by Crippen LogP contribution is -2.16. The number of fused-ring (bicyclic) bond motifs is 3. The molecule has 200 valence electrons. The van der Waals surface area contributed by atoms with Gasteiger partial charge in [0.05, 0.1) is 10.4 Å². The van der Waals surface area contributed by atoms with Crippen LogP contribution in [-0.2, 0) is 11.4 Å². The van der Waals surface area contributed by atoms with Crippen molar-refractivity contribution in [1.29, 1.82) is 0 Å². The van der Waals surface area contributed by atoms with Crippen molar-refractivity contribution in [2.24, 2.45) is 11.1 Å². The van der Waals surface area contributed by atoms with Crippen LogP contribution in [0, 0.1) is 5.92 Å². The molecule has 0 atom stereocenters. The summed E-state index contributed by atoms with van der Waals surface area (Å²) in [5, 5.41) is 7.78. The van der Waals surface area contributed by atoms with Gasteiger partial charge in [-0.3, -0.25) is 9.59 Å². The first-order valence-corrected chi connectivity index (χ1v) is 14.4. The van der Waals surface area contributed by atoms with E-state index in [9.17, 15) is 14.4 Å². The van der Waals surface area contributed by atoms with Gasteiger partial charge in [-0.15, -0.1) is 11.3 Å². The van der Waals surface area contributed by atoms with Crippen LogP contribution in [0.25, 0.3) is 21.8 Å². The number of carbonyl (C=O) groups excluding carboxylic acids is 3. The lowest BCUT2D eigenvalue weighted by atomic mass is 9.99. The Balaban J connectivity index is 1.37. The molecule has 6 rings (SSSR count). The van der Waals surface area contributed by atoms with E-state index in [1.807, 2.05) is 53.9 Å². The van der Waals surface area contributed by atoms with Crippen LogP contribution in [0.15, 0.2) is 89.4 Å². The number of rotatable bonds is 10. The number of hydrogen-bond acceptors (Lipinski definition) is 6. The summed E-state index contributed by atoms with van der Waals surface area (Å²) in [6, 6.07) is 23.7. The first-order valence-electron chi connectivity index (χ1n) is 13.6. The van der Waals surface area contributed by atoms with Crippen LogP contribution in [0.2, 0.25) is 0 Å². The maximum Gasteiger partial charge on any atom is 0.365 e. The third kappa shape index (κ3) is 5.12. The van der Waals surface area contributed by atoms with Gasteiger partial charge < -0.3 is 9.40 Å². The molecular weight excluding hydrogens is 520 g/mol. The second-order valence-electron chi connectivity index (χ2n) is 10.1. The van der Waals surface area contributed by atoms with E-state index in [2.05, 4.69) is 16.6 Å². The van der Waals surface area contributed by atoms with E-state index in [-0.39, 0.29) is 17.3 Å². The molecule has 0 bridgehead atoms. The van der Waals surface area contributed by atoms with Gasteiger partial charge in [0.1, 0.15) is 5.71 Å². The predicted octanol–water partition coefficient (Wildman–Crippen LogP) is 7.69. The lowest BCUT2D eigenvalue weighted by Gasteiger charge is -2.07. The molecule has 0 N–H and O–H groups in total. The number of carbonyl (C=O) groups is 3. The minimum absolute atomic E-state index is 0.0174. The third-order valence-electron chi connectivity index (χ3n) is 7.45. The Kier molecular flexibility index (Phi) is 7.13. The Morgan fingerprint density at radius 1 is 0.875 bits per heavy atom. The summed E-state index contributed by atoms with van der Waals surface area (Å²) in [7, 11) is 0. The number of nitrogens with zero attached hydrogens (tertiary/aromatic N) is 2. The highest BCUT2D eigenvalue weighted by molar-refractivity contribution is 7.12. The standard InChI is InChI=1S/C33H28N2O4S/c1-2-35-28-16-13-23(19-25(28)26-20-24(14-17-29(26)35)32(37)30-9-6-18-40-30)31(36)27(15-12-21-10-11-21)34-39-33(38)22-7-4-3-5-8-22/h3-9,13-14,16-21H,2,10-12,15H2,1H3/b34-27+. The number of benzene rings is 3. The number of thiophene rings is 1. The second kappa shape index (κ2) is 11.0. The number of aryl methyl sites for hydroxylation is 1. The molecular formula is C33H28N2O4S. The van der Waals surface area contributed by atoms with Gasteiger partial charge in [0.2, 0.25) is 11.6 Å². The van der Waals surface area contributed by atoms with E-state index in [0.717, 1.165) is 47.6 Å². The van der Waals surface area contributed by atoms with Gasteiger partial charge in [-0.1, -0.05) is 42.3 Å². The maximum absolute atomic E-state index is 13.7. The Bertz CT molecular complexity index is 1760. The second-order valence-corrected chi connectivity index (χ2v) is 11.1. The van der Waals surface area contributed by atoms with Gasteiger partial charge >= 0.3 is 5.97 Å². The minimum atomic E-state index is -0.596. The smallest absolute Gasteiger partial charge is 0.341 e. The maximum atomic E-state index is 13.7. The van der Waals surface area contributed by atoms with Gasteiger partial charge in [0.15, 0.2) is 0 Å². The van der Waals surface area contributed by atoms with Crippen molar-refractivity contribution in [3.05, 3.63) is 106 Å². The van der Waals surface area contributed by atoms with Crippen LogP contribution in [0.1, 0.15) is 68.6 Å². The summed E-state index contributed by atoms with van der Waals surface area (Å²) < 4.78 is 2.18. The molecule has 7 heteroatoms. The average molecular weight is 549 g/mol. The SMILES string of the molecule is CCn1c2ccc(C(=O)/C(CCC3CC3)=N/OC(=O)c3ccccc3)cc2c2cc(C(=O)c3cccs3)ccc21. The minimum Gasteiger partial charge on any atom is -0.341 e. The van der Waals surface area contributed by atoms with E-state index in [0.29, 0.717) is 33.9 Å².